The van der Waals surface area contributed by atoms with Crippen LogP contribution < -0.4 is 26.1 Å². The van der Waals surface area contributed by atoms with Gasteiger partial charge in [-0.25, -0.2) is 10.8 Å². The first-order valence-corrected chi connectivity index (χ1v) is 5.71. The van der Waals surface area contributed by atoms with Crippen molar-refractivity contribution in [1.29, 1.82) is 0 Å². The molecule has 4 N–H and O–H groups in total. The predicted molar refractivity (Wildman–Crippen MR) is 71.7 cm³/mol. The first-order valence-electron chi connectivity index (χ1n) is 5.71. The highest BCUT2D eigenvalue weighted by Crippen LogP contribution is 2.27. The number of nitrogens with zero attached hydrogens (tertiary/aromatic N) is 1. The zero-order valence-electron chi connectivity index (χ0n) is 11.0. The lowest BCUT2D eigenvalue weighted by molar-refractivity contribution is 0.354. The lowest BCUT2D eigenvalue weighted by Gasteiger charge is -2.09. The molecule has 0 heterocycles. The fourth-order valence-corrected chi connectivity index (χ4v) is 1.47. The van der Waals surface area contributed by atoms with E-state index < -0.39 is 0 Å². The summed E-state index contributed by atoms with van der Waals surface area (Å²) in [5.74, 6) is 7.29. The topological polar surface area (TPSA) is 80.9 Å². The van der Waals surface area contributed by atoms with Crippen molar-refractivity contribution >= 4 is 5.96 Å². The first kappa shape index (κ1) is 14.1. The molecule has 0 aliphatic heterocycles. The standard InChI is InChI=1S/C12H20N4O2/c1-4-14-12(16-13)15-8-9-5-6-10(17-2)11(7-9)18-3/h5-7H,4,8,13H2,1-3H3,(H2,14,15,16). The van der Waals surface area contributed by atoms with Gasteiger partial charge in [-0.3, -0.25) is 5.43 Å². The molecule has 0 aromatic heterocycles. The van der Waals surface area contributed by atoms with Crippen LogP contribution in [0, 0.1) is 0 Å². The van der Waals surface area contributed by atoms with E-state index in [0.717, 1.165) is 12.1 Å². The molecule has 0 saturated heterocycles. The number of guanidine groups is 1. The third kappa shape index (κ3) is 3.81. The number of methoxy groups -OCH3 is 2. The van der Waals surface area contributed by atoms with Gasteiger partial charge in [0.15, 0.2) is 11.5 Å². The molecule has 0 spiro atoms. The number of nitrogens with two attached hydrogens (primary N) is 1. The van der Waals surface area contributed by atoms with Crippen LogP contribution >= 0.6 is 0 Å². The van der Waals surface area contributed by atoms with Crippen LogP contribution in [0.3, 0.4) is 0 Å². The molecular weight excluding hydrogens is 232 g/mol. The Morgan fingerprint density at radius 2 is 2.00 bits per heavy atom. The molecule has 0 aliphatic carbocycles. The monoisotopic (exact) mass is 252 g/mol. The average molecular weight is 252 g/mol. The highest BCUT2D eigenvalue weighted by molar-refractivity contribution is 5.79. The smallest absolute Gasteiger partial charge is 0.206 e. The summed E-state index contributed by atoms with van der Waals surface area (Å²) in [5.41, 5.74) is 3.52. The second-order valence-electron chi connectivity index (χ2n) is 3.53. The van der Waals surface area contributed by atoms with Crippen LogP contribution in [-0.2, 0) is 6.54 Å². The molecule has 0 aliphatic rings. The van der Waals surface area contributed by atoms with Gasteiger partial charge in [0.25, 0.3) is 0 Å². The minimum Gasteiger partial charge on any atom is -0.493 e. The molecule has 0 atom stereocenters. The number of hydrogen-bond acceptors (Lipinski definition) is 4. The molecule has 6 nitrogen and oxygen atoms in total. The van der Waals surface area contributed by atoms with Gasteiger partial charge >= 0.3 is 0 Å². The van der Waals surface area contributed by atoms with Crippen molar-refractivity contribution in [3.63, 3.8) is 0 Å². The summed E-state index contributed by atoms with van der Waals surface area (Å²) < 4.78 is 10.4. The van der Waals surface area contributed by atoms with Gasteiger partial charge in [0.1, 0.15) is 0 Å². The van der Waals surface area contributed by atoms with Crippen LogP contribution in [-0.4, -0.2) is 26.7 Å². The van der Waals surface area contributed by atoms with E-state index in [4.69, 9.17) is 15.3 Å². The largest absolute Gasteiger partial charge is 0.493 e. The van der Waals surface area contributed by atoms with Gasteiger partial charge in [-0.05, 0) is 24.6 Å². The minimum atomic E-state index is 0.507. The zero-order chi connectivity index (χ0) is 13.4. The fourth-order valence-electron chi connectivity index (χ4n) is 1.47. The van der Waals surface area contributed by atoms with E-state index in [1.165, 1.54) is 0 Å². The predicted octanol–water partition coefficient (Wildman–Crippen LogP) is 0.633. The van der Waals surface area contributed by atoms with Crippen molar-refractivity contribution in [2.24, 2.45) is 10.8 Å². The maximum absolute atomic E-state index is 5.34. The number of benzene rings is 1. The maximum atomic E-state index is 5.34. The Bertz CT molecular complexity index is 407. The third-order valence-corrected chi connectivity index (χ3v) is 2.35. The molecule has 6 heteroatoms. The van der Waals surface area contributed by atoms with Crippen molar-refractivity contribution in [3.05, 3.63) is 23.8 Å². The molecule has 18 heavy (non-hydrogen) atoms. The highest BCUT2D eigenvalue weighted by Gasteiger charge is 2.04. The molecule has 0 bridgehead atoms. The maximum Gasteiger partial charge on any atom is 0.206 e. The molecule has 1 aromatic rings. The Balaban J connectivity index is 2.78. The number of aliphatic imine (C=N–C) groups is 1. The summed E-state index contributed by atoms with van der Waals surface area (Å²) in [7, 11) is 3.22. The molecule has 1 rings (SSSR count). The van der Waals surface area contributed by atoms with Gasteiger partial charge in [0, 0.05) is 6.54 Å². The summed E-state index contributed by atoms with van der Waals surface area (Å²) >= 11 is 0. The van der Waals surface area contributed by atoms with Crippen LogP contribution in [0.25, 0.3) is 0 Å². The van der Waals surface area contributed by atoms with Crippen molar-refractivity contribution in [2.75, 3.05) is 20.8 Å². The quantitative estimate of drug-likeness (QED) is 0.310. The Labute approximate surface area is 107 Å². The average Bonchev–Trinajstić information content (AvgIpc) is 2.42. The van der Waals surface area contributed by atoms with Crippen LogP contribution in [0.1, 0.15) is 12.5 Å². The van der Waals surface area contributed by atoms with Crippen molar-refractivity contribution in [1.82, 2.24) is 10.7 Å². The lowest BCUT2D eigenvalue weighted by Crippen LogP contribution is -2.41. The SMILES string of the molecule is CCNC(=NCc1ccc(OC)c(OC)c1)NN. The van der Waals surface area contributed by atoms with Crippen molar-refractivity contribution in [3.8, 4) is 11.5 Å². The van der Waals surface area contributed by atoms with E-state index in [-0.39, 0.29) is 0 Å². The van der Waals surface area contributed by atoms with Crippen molar-refractivity contribution in [2.45, 2.75) is 13.5 Å². The lowest BCUT2D eigenvalue weighted by atomic mass is 10.2. The number of rotatable bonds is 5. The van der Waals surface area contributed by atoms with E-state index in [2.05, 4.69) is 15.7 Å². The summed E-state index contributed by atoms with van der Waals surface area (Å²) in [5, 5.41) is 3.01. The molecular formula is C12H20N4O2. The first-order chi connectivity index (χ1) is 8.74. The summed E-state index contributed by atoms with van der Waals surface area (Å²) in [4.78, 5) is 4.31. The van der Waals surface area contributed by atoms with Crippen molar-refractivity contribution < 1.29 is 9.47 Å². The summed E-state index contributed by atoms with van der Waals surface area (Å²) in [6, 6.07) is 5.68. The van der Waals surface area contributed by atoms with Crippen LogP contribution in [0.4, 0.5) is 0 Å². The van der Waals surface area contributed by atoms with Crippen LogP contribution in [0.2, 0.25) is 0 Å². The Morgan fingerprint density at radius 3 is 2.56 bits per heavy atom. The molecule has 0 unspecified atom stereocenters. The van der Waals surface area contributed by atoms with Gasteiger partial charge in [-0.1, -0.05) is 6.07 Å². The van der Waals surface area contributed by atoms with E-state index >= 15 is 0 Å². The summed E-state index contributed by atoms with van der Waals surface area (Å²) in [6.45, 7) is 3.24. The number of nitrogens with one attached hydrogen (secondary N) is 2. The molecule has 0 radical (unpaired) electrons. The fraction of sp³-hybridized carbons (Fsp3) is 0.417. The second-order valence-corrected chi connectivity index (χ2v) is 3.53. The normalized spacial score (nSPS) is 11.0. The van der Waals surface area contributed by atoms with Gasteiger partial charge in [0.2, 0.25) is 5.96 Å². The number of ether oxygens (including phenoxy) is 2. The van der Waals surface area contributed by atoms with Gasteiger partial charge in [0.05, 0.1) is 20.8 Å². The van der Waals surface area contributed by atoms with Gasteiger partial charge < -0.3 is 14.8 Å². The molecule has 100 valence electrons. The van der Waals surface area contributed by atoms with Crippen LogP contribution in [0.5, 0.6) is 11.5 Å². The summed E-state index contributed by atoms with van der Waals surface area (Å²) in [6.07, 6.45) is 0. The van der Waals surface area contributed by atoms with Gasteiger partial charge in [-0.15, -0.1) is 0 Å². The Kier molecular flexibility index (Phi) is 5.79. The van der Waals surface area contributed by atoms with Crippen LogP contribution in [0.15, 0.2) is 23.2 Å². The Hall–Kier alpha value is -1.95. The molecule has 0 fully saturated rings. The van der Waals surface area contributed by atoms with E-state index in [9.17, 15) is 0 Å². The molecule has 1 aromatic carbocycles. The van der Waals surface area contributed by atoms with E-state index in [1.807, 2.05) is 25.1 Å². The van der Waals surface area contributed by atoms with E-state index in [1.54, 1.807) is 14.2 Å². The second kappa shape index (κ2) is 7.39. The third-order valence-electron chi connectivity index (χ3n) is 2.35. The molecule has 0 saturated carbocycles. The zero-order valence-corrected chi connectivity index (χ0v) is 11.0. The molecule has 0 amide bonds. The minimum absolute atomic E-state index is 0.507. The number of hydrogen-bond donors (Lipinski definition) is 3. The Morgan fingerprint density at radius 1 is 1.28 bits per heavy atom. The number of hydrazine groups is 1. The van der Waals surface area contributed by atoms with Gasteiger partial charge in [-0.2, -0.15) is 0 Å². The van der Waals surface area contributed by atoms with E-state index in [0.29, 0.717) is 24.0 Å². The highest BCUT2D eigenvalue weighted by atomic mass is 16.5.